The number of rotatable bonds is 2. The molecule has 40 heavy (non-hydrogen) atoms. The molecular weight excluding hydrogens is 542 g/mol. The number of allylic oxidation sites excluding steroid dienone is 2. The van der Waals surface area contributed by atoms with E-state index in [0.717, 1.165) is 26.1 Å². The van der Waals surface area contributed by atoms with Crippen LogP contribution in [0.3, 0.4) is 0 Å². The van der Waals surface area contributed by atoms with E-state index < -0.39 is 24.3 Å². The van der Waals surface area contributed by atoms with E-state index in [9.17, 15) is 26.3 Å². The fraction of sp³-hybridized carbons (Fsp3) is 0.500. The van der Waals surface area contributed by atoms with Crippen LogP contribution >= 0.6 is 0 Å². The van der Waals surface area contributed by atoms with E-state index in [-0.39, 0.29) is 10.8 Å². The molecule has 0 amide bonds. The molecule has 4 rings (SSSR count). The van der Waals surface area contributed by atoms with Crippen LogP contribution in [0.1, 0.15) is 63.6 Å². The zero-order chi connectivity index (χ0) is 30.5. The molecule has 12 heteroatoms. The highest BCUT2D eigenvalue weighted by Gasteiger charge is 2.39. The summed E-state index contributed by atoms with van der Waals surface area (Å²) < 4.78 is 63.5. The third-order valence-electron chi connectivity index (χ3n) is 7.02. The normalized spacial score (nSPS) is 19.5. The van der Waals surface area contributed by atoms with Crippen molar-refractivity contribution < 1.29 is 46.1 Å². The van der Waals surface area contributed by atoms with Crippen LogP contribution in [-0.4, -0.2) is 54.1 Å². The van der Waals surface area contributed by atoms with Gasteiger partial charge in [-0.25, -0.2) is 9.59 Å². The van der Waals surface area contributed by atoms with Gasteiger partial charge < -0.3 is 20.8 Å². The molecule has 0 radical (unpaired) electrons. The lowest BCUT2D eigenvalue weighted by atomic mass is 9.63. The Morgan fingerprint density at radius 1 is 0.850 bits per heavy atom. The first kappa shape index (κ1) is 32.9. The van der Waals surface area contributed by atoms with Crippen molar-refractivity contribution >= 4 is 17.5 Å². The third-order valence-corrected chi connectivity index (χ3v) is 7.02. The Kier molecular flexibility index (Phi) is 10.3. The van der Waals surface area contributed by atoms with Crippen LogP contribution in [0.15, 0.2) is 47.7 Å². The van der Waals surface area contributed by atoms with Crippen molar-refractivity contribution in [3.05, 3.63) is 64.4 Å². The van der Waals surface area contributed by atoms with Gasteiger partial charge in [0.2, 0.25) is 0 Å². The van der Waals surface area contributed by atoms with Crippen molar-refractivity contribution in [2.45, 2.75) is 70.1 Å². The van der Waals surface area contributed by atoms with Gasteiger partial charge >= 0.3 is 24.3 Å². The van der Waals surface area contributed by atoms with E-state index in [1.54, 1.807) is 11.1 Å². The molecule has 0 spiro atoms. The molecular formula is C28H34F6N2O4. The van der Waals surface area contributed by atoms with Gasteiger partial charge in [0.25, 0.3) is 0 Å². The first-order valence-corrected chi connectivity index (χ1v) is 12.6. The third kappa shape index (κ3) is 8.87. The van der Waals surface area contributed by atoms with Crippen molar-refractivity contribution in [3.63, 3.8) is 0 Å². The summed E-state index contributed by atoms with van der Waals surface area (Å²) >= 11 is 0. The fourth-order valence-electron chi connectivity index (χ4n) is 4.60. The Morgan fingerprint density at radius 2 is 1.38 bits per heavy atom. The molecule has 2 aliphatic heterocycles. The molecule has 0 unspecified atom stereocenters. The molecule has 0 fully saturated rings. The molecule has 0 atom stereocenters. The number of hydrogen-bond donors (Lipinski definition) is 4. The molecule has 1 aromatic rings. The molecule has 2 heterocycles. The number of hydrogen-bond acceptors (Lipinski definition) is 4. The predicted octanol–water partition coefficient (Wildman–Crippen LogP) is 6.09. The van der Waals surface area contributed by atoms with Gasteiger partial charge in [-0.1, -0.05) is 52.0 Å². The highest BCUT2D eigenvalue weighted by Crippen LogP contribution is 2.46. The standard InChI is InChI=1S/C24H32N2.2C2HF3O2/c1-23(2)9-10-24(3,4)22-14-18(5-6-21(22)23)20-13-19(15-26-16-20)17-7-11-25-12-8-17;2*3-2(4,5)1(6)7/h5-7,13-15,25-26H,8-12,16H2,1-4H3;2*(H,6,7). The molecule has 4 N–H and O–H groups in total. The summed E-state index contributed by atoms with van der Waals surface area (Å²) in [6.45, 7) is 12.6. The van der Waals surface area contributed by atoms with Crippen molar-refractivity contribution in [1.82, 2.24) is 10.6 Å². The lowest BCUT2D eigenvalue weighted by molar-refractivity contribution is -0.193. The van der Waals surface area contributed by atoms with Gasteiger partial charge in [0.05, 0.1) is 0 Å². The second kappa shape index (κ2) is 12.5. The number of carboxylic acids is 2. The quantitative estimate of drug-likeness (QED) is 0.318. The van der Waals surface area contributed by atoms with Crippen LogP contribution in [0.25, 0.3) is 5.57 Å². The van der Waals surface area contributed by atoms with Gasteiger partial charge in [0.1, 0.15) is 0 Å². The molecule has 0 aromatic heterocycles. The Morgan fingerprint density at radius 3 is 1.85 bits per heavy atom. The van der Waals surface area contributed by atoms with Gasteiger partial charge in [-0.2, -0.15) is 26.3 Å². The minimum absolute atomic E-state index is 0.264. The molecule has 0 saturated heterocycles. The summed E-state index contributed by atoms with van der Waals surface area (Å²) in [5, 5.41) is 21.2. The molecule has 1 aliphatic carbocycles. The van der Waals surface area contributed by atoms with Gasteiger partial charge in [-0.15, -0.1) is 0 Å². The Labute approximate surface area is 228 Å². The summed E-state index contributed by atoms with van der Waals surface area (Å²) in [4.78, 5) is 17.8. The number of benzene rings is 1. The second-order valence-corrected chi connectivity index (χ2v) is 11.0. The predicted molar refractivity (Wildman–Crippen MR) is 139 cm³/mol. The molecule has 0 bridgehead atoms. The maximum Gasteiger partial charge on any atom is 0.490 e. The number of aliphatic carboxylic acids is 2. The number of halogens is 6. The Balaban J connectivity index is 0.000000333. The van der Waals surface area contributed by atoms with Crippen LogP contribution in [-0.2, 0) is 20.4 Å². The number of alkyl halides is 6. The summed E-state index contributed by atoms with van der Waals surface area (Å²) in [7, 11) is 0. The monoisotopic (exact) mass is 576 g/mol. The molecule has 0 saturated carbocycles. The van der Waals surface area contributed by atoms with Crippen LogP contribution < -0.4 is 10.6 Å². The van der Waals surface area contributed by atoms with E-state index in [0.29, 0.717) is 0 Å². The lowest BCUT2D eigenvalue weighted by Crippen LogP contribution is -2.34. The smallest absolute Gasteiger partial charge is 0.475 e. The number of carboxylic acid groups (broad SMARTS) is 2. The average Bonchev–Trinajstić information content (AvgIpc) is 2.87. The SMILES string of the molecule is CC1(C)CCC(C)(C)c2cc(C3=CC(C4=CCNCC4)=CNC3)ccc21.O=C(O)C(F)(F)F.O=C(O)C(F)(F)F. The maximum atomic E-state index is 10.6. The number of carbonyl (C=O) groups is 2. The second-order valence-electron chi connectivity index (χ2n) is 11.0. The fourth-order valence-corrected chi connectivity index (χ4v) is 4.60. The molecule has 6 nitrogen and oxygen atoms in total. The maximum absolute atomic E-state index is 10.6. The van der Waals surface area contributed by atoms with Crippen molar-refractivity contribution in [2.24, 2.45) is 0 Å². The van der Waals surface area contributed by atoms with E-state index in [2.05, 4.69) is 74.9 Å². The summed E-state index contributed by atoms with van der Waals surface area (Å²) in [6.07, 6.45) is 0.393. The first-order valence-electron chi connectivity index (χ1n) is 12.6. The van der Waals surface area contributed by atoms with E-state index >= 15 is 0 Å². The van der Waals surface area contributed by atoms with Gasteiger partial charge in [-0.3, -0.25) is 0 Å². The molecule has 3 aliphatic rings. The first-order chi connectivity index (χ1) is 18.3. The average molecular weight is 577 g/mol. The summed E-state index contributed by atoms with van der Waals surface area (Å²) in [5.41, 5.74) is 9.24. The lowest BCUT2D eigenvalue weighted by Gasteiger charge is -2.42. The van der Waals surface area contributed by atoms with Gasteiger partial charge in [0, 0.05) is 19.3 Å². The zero-order valence-electron chi connectivity index (χ0n) is 22.7. The van der Waals surface area contributed by atoms with Crippen molar-refractivity contribution in [1.29, 1.82) is 0 Å². The topological polar surface area (TPSA) is 98.7 Å². The number of fused-ring (bicyclic) bond motifs is 1. The van der Waals surface area contributed by atoms with E-state index in [4.69, 9.17) is 19.8 Å². The van der Waals surface area contributed by atoms with E-state index in [1.807, 2.05) is 0 Å². The van der Waals surface area contributed by atoms with Crippen molar-refractivity contribution in [3.8, 4) is 0 Å². The van der Waals surface area contributed by atoms with Crippen LogP contribution in [0.4, 0.5) is 26.3 Å². The molecule has 1 aromatic carbocycles. The largest absolute Gasteiger partial charge is 0.490 e. The number of nitrogens with one attached hydrogen (secondary N) is 2. The van der Waals surface area contributed by atoms with Crippen LogP contribution in [0.2, 0.25) is 0 Å². The van der Waals surface area contributed by atoms with Gasteiger partial charge in [0.15, 0.2) is 0 Å². The van der Waals surface area contributed by atoms with Gasteiger partial charge in [-0.05, 0) is 76.1 Å². The summed E-state index contributed by atoms with van der Waals surface area (Å²) in [6, 6.07) is 7.22. The van der Waals surface area contributed by atoms with Crippen molar-refractivity contribution in [2.75, 3.05) is 19.6 Å². The molecule has 222 valence electrons. The number of dihydropyridines is 1. The zero-order valence-corrected chi connectivity index (χ0v) is 22.7. The summed E-state index contributed by atoms with van der Waals surface area (Å²) in [5.74, 6) is -5.51. The Bertz CT molecular complexity index is 1170. The highest BCUT2D eigenvalue weighted by molar-refractivity contribution is 5.74. The van der Waals surface area contributed by atoms with Crippen LogP contribution in [0.5, 0.6) is 0 Å². The minimum Gasteiger partial charge on any atom is -0.475 e. The van der Waals surface area contributed by atoms with E-state index in [1.165, 1.54) is 35.1 Å². The van der Waals surface area contributed by atoms with Crippen LogP contribution in [0, 0.1) is 0 Å². The minimum atomic E-state index is -5.08. The highest BCUT2D eigenvalue weighted by atomic mass is 19.4. The Hall–Kier alpha value is -3.28.